The fourth-order valence-corrected chi connectivity index (χ4v) is 2.96. The first-order chi connectivity index (χ1) is 11.0. The molecule has 5 nitrogen and oxygen atoms in total. The fourth-order valence-electron chi connectivity index (χ4n) is 2.84. The van der Waals surface area contributed by atoms with Crippen molar-refractivity contribution in [2.75, 3.05) is 25.5 Å². The van der Waals surface area contributed by atoms with Crippen LogP contribution in [0.2, 0.25) is 5.02 Å². The molecule has 1 aliphatic rings. The molecule has 1 aliphatic heterocycles. The molecule has 2 aromatic rings. The number of hydrogen-bond donors (Lipinski definition) is 0. The van der Waals surface area contributed by atoms with Crippen molar-refractivity contribution in [2.45, 2.75) is 19.9 Å². The number of carbonyl (C=O) groups excluding carboxylic acids is 1. The lowest BCUT2D eigenvalue weighted by atomic mass is 10.0. The topological polar surface area (TPSA) is 49.3 Å². The number of aryl methyl sites for hydroxylation is 1. The average molecular weight is 331 g/mol. The maximum Gasteiger partial charge on any atom is 0.254 e. The molecule has 0 bridgehead atoms. The molecule has 0 unspecified atom stereocenters. The van der Waals surface area contributed by atoms with E-state index in [0.717, 1.165) is 29.3 Å². The van der Waals surface area contributed by atoms with E-state index >= 15 is 0 Å². The number of rotatable bonds is 2. The Morgan fingerprint density at radius 3 is 2.57 bits per heavy atom. The molecule has 0 spiro atoms. The Balaban J connectivity index is 1.90. The highest BCUT2D eigenvalue weighted by Gasteiger charge is 2.26. The van der Waals surface area contributed by atoms with Gasteiger partial charge in [0, 0.05) is 43.2 Å². The molecule has 3 rings (SSSR count). The van der Waals surface area contributed by atoms with Gasteiger partial charge in [-0.1, -0.05) is 11.6 Å². The van der Waals surface area contributed by atoms with E-state index in [1.807, 2.05) is 30.8 Å². The fraction of sp³-hybridized carbons (Fsp3) is 0.353. The highest BCUT2D eigenvalue weighted by molar-refractivity contribution is 6.30. The lowest BCUT2D eigenvalue weighted by Crippen LogP contribution is -2.37. The van der Waals surface area contributed by atoms with Gasteiger partial charge in [-0.25, -0.2) is 9.97 Å². The van der Waals surface area contributed by atoms with E-state index in [-0.39, 0.29) is 5.91 Å². The predicted molar refractivity (Wildman–Crippen MR) is 91.0 cm³/mol. The minimum atomic E-state index is 0.0117. The summed E-state index contributed by atoms with van der Waals surface area (Å²) in [6, 6.07) is 7.01. The molecule has 23 heavy (non-hydrogen) atoms. The van der Waals surface area contributed by atoms with Crippen molar-refractivity contribution in [1.29, 1.82) is 0 Å². The van der Waals surface area contributed by atoms with E-state index in [2.05, 4.69) is 9.97 Å². The first kappa shape index (κ1) is 15.7. The molecule has 0 saturated carbocycles. The van der Waals surface area contributed by atoms with Crippen molar-refractivity contribution in [2.24, 2.45) is 0 Å². The van der Waals surface area contributed by atoms with Crippen LogP contribution in [0.1, 0.15) is 27.4 Å². The summed E-state index contributed by atoms with van der Waals surface area (Å²) in [7, 11) is 3.92. The molecule has 0 atom stereocenters. The summed E-state index contributed by atoms with van der Waals surface area (Å²) in [5.74, 6) is 1.67. The molecule has 0 radical (unpaired) electrons. The maximum absolute atomic E-state index is 12.7. The molecule has 0 N–H and O–H groups in total. The second-order valence-electron chi connectivity index (χ2n) is 5.90. The zero-order valence-corrected chi connectivity index (χ0v) is 14.3. The van der Waals surface area contributed by atoms with Crippen molar-refractivity contribution in [3.63, 3.8) is 0 Å². The highest BCUT2D eigenvalue weighted by Crippen LogP contribution is 2.26. The largest absolute Gasteiger partial charge is 0.362 e. The number of anilines is 1. The lowest BCUT2D eigenvalue weighted by Gasteiger charge is -2.31. The highest BCUT2D eigenvalue weighted by atomic mass is 35.5. The number of carbonyl (C=O) groups is 1. The number of aromatic nitrogens is 2. The Morgan fingerprint density at radius 2 is 1.91 bits per heavy atom. The van der Waals surface area contributed by atoms with Crippen LogP contribution >= 0.6 is 11.6 Å². The van der Waals surface area contributed by atoms with Gasteiger partial charge in [0.1, 0.15) is 11.6 Å². The van der Waals surface area contributed by atoms with Crippen molar-refractivity contribution in [3.05, 3.63) is 51.9 Å². The van der Waals surface area contributed by atoms with Gasteiger partial charge in [0.15, 0.2) is 0 Å². The summed E-state index contributed by atoms with van der Waals surface area (Å²) in [5, 5.41) is 0.629. The summed E-state index contributed by atoms with van der Waals surface area (Å²) in [6.45, 7) is 3.10. The monoisotopic (exact) mass is 330 g/mol. The van der Waals surface area contributed by atoms with Gasteiger partial charge in [0.2, 0.25) is 0 Å². The van der Waals surface area contributed by atoms with Crippen molar-refractivity contribution in [3.8, 4) is 0 Å². The second kappa shape index (κ2) is 6.16. The van der Waals surface area contributed by atoms with Gasteiger partial charge in [-0.2, -0.15) is 0 Å². The molecular weight excluding hydrogens is 312 g/mol. The zero-order valence-electron chi connectivity index (χ0n) is 13.5. The predicted octanol–water partition coefficient (Wildman–Crippen LogP) is 2.70. The molecule has 2 heterocycles. The van der Waals surface area contributed by atoms with Gasteiger partial charge in [0.25, 0.3) is 5.91 Å². The minimum Gasteiger partial charge on any atom is -0.362 e. The Kier molecular flexibility index (Phi) is 4.22. The Morgan fingerprint density at radius 1 is 1.22 bits per heavy atom. The van der Waals surface area contributed by atoms with Crippen molar-refractivity contribution in [1.82, 2.24) is 14.9 Å². The third-order valence-electron chi connectivity index (χ3n) is 3.95. The van der Waals surface area contributed by atoms with Crippen LogP contribution in [0.15, 0.2) is 24.3 Å². The lowest BCUT2D eigenvalue weighted by molar-refractivity contribution is 0.0733. The third-order valence-corrected chi connectivity index (χ3v) is 4.20. The molecule has 0 saturated heterocycles. The average Bonchev–Trinajstić information content (AvgIpc) is 2.53. The Hall–Kier alpha value is -2.14. The van der Waals surface area contributed by atoms with Crippen LogP contribution in [-0.2, 0) is 13.0 Å². The van der Waals surface area contributed by atoms with Gasteiger partial charge in [-0.3, -0.25) is 4.79 Å². The van der Waals surface area contributed by atoms with Crippen LogP contribution in [0.4, 0.5) is 5.82 Å². The summed E-state index contributed by atoms with van der Waals surface area (Å²) < 4.78 is 0. The van der Waals surface area contributed by atoms with Crippen molar-refractivity contribution >= 4 is 23.3 Å². The van der Waals surface area contributed by atoms with E-state index in [4.69, 9.17) is 11.6 Å². The van der Waals surface area contributed by atoms with Gasteiger partial charge < -0.3 is 9.80 Å². The minimum absolute atomic E-state index is 0.0117. The summed E-state index contributed by atoms with van der Waals surface area (Å²) >= 11 is 5.89. The van der Waals surface area contributed by atoms with Crippen LogP contribution in [0.25, 0.3) is 0 Å². The number of amides is 1. The quantitative estimate of drug-likeness (QED) is 0.849. The van der Waals surface area contributed by atoms with Crippen LogP contribution in [-0.4, -0.2) is 41.4 Å². The normalized spacial score (nSPS) is 13.7. The van der Waals surface area contributed by atoms with Crippen LogP contribution in [0.5, 0.6) is 0 Å². The molecule has 1 aromatic heterocycles. The molecule has 1 amide bonds. The molecular formula is C17H19ClN4O. The standard InChI is InChI=1S/C17H19ClN4O/c1-11-19-15-8-9-22(10-14(15)16(20-11)21(2)3)17(23)12-4-6-13(18)7-5-12/h4-7H,8-10H2,1-3H3. The number of nitrogens with zero attached hydrogens (tertiary/aromatic N) is 4. The van der Waals surface area contributed by atoms with E-state index in [1.54, 1.807) is 24.3 Å². The molecule has 0 aliphatic carbocycles. The van der Waals surface area contributed by atoms with Gasteiger partial charge >= 0.3 is 0 Å². The Labute approximate surface area is 140 Å². The Bertz CT molecular complexity index is 743. The van der Waals surface area contributed by atoms with E-state index in [0.29, 0.717) is 23.7 Å². The van der Waals surface area contributed by atoms with Crippen molar-refractivity contribution < 1.29 is 4.79 Å². The first-order valence-electron chi connectivity index (χ1n) is 7.54. The second-order valence-corrected chi connectivity index (χ2v) is 6.33. The number of halogens is 1. The zero-order chi connectivity index (χ0) is 16.6. The van der Waals surface area contributed by atoms with Gasteiger partial charge in [-0.15, -0.1) is 0 Å². The summed E-state index contributed by atoms with van der Waals surface area (Å²) in [5.41, 5.74) is 2.73. The van der Waals surface area contributed by atoms with Gasteiger partial charge in [-0.05, 0) is 31.2 Å². The maximum atomic E-state index is 12.7. The molecule has 0 fully saturated rings. The van der Waals surface area contributed by atoms with E-state index < -0.39 is 0 Å². The van der Waals surface area contributed by atoms with Gasteiger partial charge in [0.05, 0.1) is 12.2 Å². The number of fused-ring (bicyclic) bond motifs is 1. The molecule has 6 heteroatoms. The van der Waals surface area contributed by atoms with Crippen LogP contribution in [0, 0.1) is 6.92 Å². The molecule has 1 aromatic carbocycles. The number of benzene rings is 1. The van der Waals surface area contributed by atoms with E-state index in [1.165, 1.54) is 0 Å². The summed E-state index contributed by atoms with van der Waals surface area (Å²) in [4.78, 5) is 25.6. The molecule has 120 valence electrons. The summed E-state index contributed by atoms with van der Waals surface area (Å²) in [6.07, 6.45) is 0.749. The number of hydrogen-bond acceptors (Lipinski definition) is 4. The van der Waals surface area contributed by atoms with E-state index in [9.17, 15) is 4.79 Å². The third kappa shape index (κ3) is 3.15. The SMILES string of the molecule is Cc1nc2c(c(N(C)C)n1)CN(C(=O)c1ccc(Cl)cc1)CC2. The van der Waals surface area contributed by atoms with Crippen LogP contribution < -0.4 is 4.90 Å². The van der Waals surface area contributed by atoms with Crippen LogP contribution in [0.3, 0.4) is 0 Å². The smallest absolute Gasteiger partial charge is 0.254 e. The first-order valence-corrected chi connectivity index (χ1v) is 7.92.